The number of aromatic nitrogens is 3. The third-order valence-corrected chi connectivity index (χ3v) is 4.34. The largest absolute Gasteiger partial charge is 0.291 e. The van der Waals surface area contributed by atoms with Gasteiger partial charge in [0.05, 0.1) is 11.9 Å². The maximum Gasteiger partial charge on any atom is 0.279 e. The van der Waals surface area contributed by atoms with E-state index in [0.29, 0.717) is 24.0 Å². The van der Waals surface area contributed by atoms with Crippen molar-refractivity contribution in [2.75, 3.05) is 11.4 Å². The zero-order chi connectivity index (χ0) is 16.1. The summed E-state index contributed by atoms with van der Waals surface area (Å²) in [7, 11) is 0. The zero-order valence-electron chi connectivity index (χ0n) is 13.5. The molecule has 1 amide bonds. The van der Waals surface area contributed by atoms with Gasteiger partial charge in [-0.25, -0.2) is 9.97 Å². The molecule has 5 nitrogen and oxygen atoms in total. The number of hydrogen-bond acceptors (Lipinski definition) is 4. The SMILES string of the molecule is Cc1cnc(C(=O)N(CC2CCCCC2)c2ccccn2)cn1. The van der Waals surface area contributed by atoms with Gasteiger partial charge < -0.3 is 0 Å². The summed E-state index contributed by atoms with van der Waals surface area (Å²) < 4.78 is 0. The maximum absolute atomic E-state index is 12.9. The Hall–Kier alpha value is -2.30. The average Bonchev–Trinajstić information content (AvgIpc) is 2.61. The van der Waals surface area contributed by atoms with Crippen molar-refractivity contribution in [1.29, 1.82) is 0 Å². The Balaban J connectivity index is 1.84. The number of carbonyl (C=O) groups is 1. The van der Waals surface area contributed by atoms with Gasteiger partial charge in [0.25, 0.3) is 5.91 Å². The predicted molar refractivity (Wildman–Crippen MR) is 89.3 cm³/mol. The highest BCUT2D eigenvalue weighted by molar-refractivity contribution is 6.04. The van der Waals surface area contributed by atoms with Gasteiger partial charge in [-0.15, -0.1) is 0 Å². The smallest absolute Gasteiger partial charge is 0.279 e. The minimum atomic E-state index is -0.123. The fourth-order valence-corrected chi connectivity index (χ4v) is 3.06. The van der Waals surface area contributed by atoms with E-state index in [-0.39, 0.29) is 5.91 Å². The van der Waals surface area contributed by atoms with Crippen LogP contribution >= 0.6 is 0 Å². The van der Waals surface area contributed by atoms with Crippen LogP contribution in [-0.4, -0.2) is 27.4 Å². The van der Waals surface area contributed by atoms with E-state index in [1.54, 1.807) is 23.5 Å². The molecule has 0 unspecified atom stereocenters. The Morgan fingerprint density at radius 2 is 1.96 bits per heavy atom. The van der Waals surface area contributed by atoms with E-state index in [1.165, 1.54) is 32.1 Å². The molecule has 0 aliphatic heterocycles. The summed E-state index contributed by atoms with van der Waals surface area (Å²) >= 11 is 0. The van der Waals surface area contributed by atoms with Gasteiger partial charge in [-0.1, -0.05) is 25.3 Å². The van der Waals surface area contributed by atoms with Crippen LogP contribution in [0.2, 0.25) is 0 Å². The fourth-order valence-electron chi connectivity index (χ4n) is 3.06. The van der Waals surface area contributed by atoms with E-state index in [2.05, 4.69) is 15.0 Å². The molecule has 23 heavy (non-hydrogen) atoms. The highest BCUT2D eigenvalue weighted by Gasteiger charge is 2.24. The summed E-state index contributed by atoms with van der Waals surface area (Å²) in [5.41, 5.74) is 1.18. The van der Waals surface area contributed by atoms with E-state index < -0.39 is 0 Å². The molecule has 2 aromatic rings. The van der Waals surface area contributed by atoms with Crippen molar-refractivity contribution in [1.82, 2.24) is 15.0 Å². The number of nitrogens with zero attached hydrogens (tertiary/aromatic N) is 4. The summed E-state index contributed by atoms with van der Waals surface area (Å²) in [4.78, 5) is 27.5. The summed E-state index contributed by atoms with van der Waals surface area (Å²) in [6.45, 7) is 2.56. The standard InChI is InChI=1S/C18H22N4O/c1-14-11-21-16(12-20-14)18(23)22(17-9-5-6-10-19-17)13-15-7-3-2-4-8-15/h5-6,9-12,15H,2-4,7-8,13H2,1H3. The lowest BCUT2D eigenvalue weighted by Crippen LogP contribution is -2.37. The van der Waals surface area contributed by atoms with Crippen molar-refractivity contribution in [3.63, 3.8) is 0 Å². The van der Waals surface area contributed by atoms with Gasteiger partial charge >= 0.3 is 0 Å². The molecular weight excluding hydrogens is 288 g/mol. The zero-order valence-corrected chi connectivity index (χ0v) is 13.5. The van der Waals surface area contributed by atoms with E-state index >= 15 is 0 Å². The van der Waals surface area contributed by atoms with Crippen molar-refractivity contribution in [3.8, 4) is 0 Å². The Morgan fingerprint density at radius 1 is 1.13 bits per heavy atom. The molecule has 2 heterocycles. The first-order valence-electron chi connectivity index (χ1n) is 8.25. The summed E-state index contributed by atoms with van der Waals surface area (Å²) in [5, 5.41) is 0. The van der Waals surface area contributed by atoms with Crippen molar-refractivity contribution in [2.45, 2.75) is 39.0 Å². The molecule has 0 N–H and O–H groups in total. The van der Waals surface area contributed by atoms with Crippen LogP contribution in [0.3, 0.4) is 0 Å². The van der Waals surface area contributed by atoms with E-state index in [9.17, 15) is 4.79 Å². The molecule has 5 heteroatoms. The molecule has 0 atom stereocenters. The molecule has 1 aliphatic rings. The number of hydrogen-bond donors (Lipinski definition) is 0. The quantitative estimate of drug-likeness (QED) is 0.868. The molecule has 120 valence electrons. The molecular formula is C18H22N4O. The minimum Gasteiger partial charge on any atom is -0.291 e. The number of carbonyl (C=O) groups excluding carboxylic acids is 1. The maximum atomic E-state index is 12.9. The number of amides is 1. The molecule has 0 saturated heterocycles. The average molecular weight is 310 g/mol. The second-order valence-electron chi connectivity index (χ2n) is 6.15. The molecule has 2 aromatic heterocycles. The fraction of sp³-hybridized carbons (Fsp3) is 0.444. The van der Waals surface area contributed by atoms with Crippen LogP contribution in [0.1, 0.15) is 48.3 Å². The summed E-state index contributed by atoms with van der Waals surface area (Å²) in [5.74, 6) is 1.10. The van der Waals surface area contributed by atoms with Crippen LogP contribution in [-0.2, 0) is 0 Å². The van der Waals surface area contributed by atoms with Crippen molar-refractivity contribution >= 4 is 11.7 Å². The molecule has 0 aromatic carbocycles. The first kappa shape index (κ1) is 15.6. The Labute approximate surface area is 136 Å². The summed E-state index contributed by atoms with van der Waals surface area (Å²) in [6, 6.07) is 5.64. The number of anilines is 1. The van der Waals surface area contributed by atoms with Crippen LogP contribution in [0.4, 0.5) is 5.82 Å². The monoisotopic (exact) mass is 310 g/mol. The van der Waals surface area contributed by atoms with Crippen LogP contribution in [0.15, 0.2) is 36.8 Å². The topological polar surface area (TPSA) is 59.0 Å². The third-order valence-electron chi connectivity index (χ3n) is 4.34. The Morgan fingerprint density at radius 3 is 2.61 bits per heavy atom. The van der Waals surface area contributed by atoms with Gasteiger partial charge in [-0.3, -0.25) is 14.7 Å². The molecule has 0 bridgehead atoms. The molecule has 1 fully saturated rings. The van der Waals surface area contributed by atoms with E-state index in [1.807, 2.05) is 25.1 Å². The second kappa shape index (κ2) is 7.31. The molecule has 0 spiro atoms. The van der Waals surface area contributed by atoms with Crippen LogP contribution in [0.25, 0.3) is 0 Å². The van der Waals surface area contributed by atoms with Crippen molar-refractivity contribution in [3.05, 3.63) is 48.2 Å². The highest BCUT2D eigenvalue weighted by Crippen LogP contribution is 2.26. The normalized spacial score (nSPS) is 15.3. The van der Waals surface area contributed by atoms with Crippen LogP contribution < -0.4 is 4.90 Å². The van der Waals surface area contributed by atoms with Crippen LogP contribution in [0.5, 0.6) is 0 Å². The van der Waals surface area contributed by atoms with Gasteiger partial charge in [0.2, 0.25) is 0 Å². The Bertz CT molecular complexity index is 636. The lowest BCUT2D eigenvalue weighted by Gasteiger charge is -2.29. The van der Waals surface area contributed by atoms with Crippen molar-refractivity contribution < 1.29 is 4.79 Å². The van der Waals surface area contributed by atoms with E-state index in [4.69, 9.17) is 0 Å². The van der Waals surface area contributed by atoms with Gasteiger partial charge in [-0.2, -0.15) is 0 Å². The van der Waals surface area contributed by atoms with E-state index in [0.717, 1.165) is 5.69 Å². The molecule has 1 saturated carbocycles. The lowest BCUT2D eigenvalue weighted by atomic mass is 9.89. The van der Waals surface area contributed by atoms with Gasteiger partial charge in [-0.05, 0) is 37.8 Å². The van der Waals surface area contributed by atoms with Crippen molar-refractivity contribution in [2.24, 2.45) is 5.92 Å². The lowest BCUT2D eigenvalue weighted by molar-refractivity contribution is 0.0974. The third kappa shape index (κ3) is 3.92. The number of pyridine rings is 1. The predicted octanol–water partition coefficient (Wildman–Crippen LogP) is 3.41. The van der Waals surface area contributed by atoms with Gasteiger partial charge in [0, 0.05) is 18.9 Å². The molecule has 3 rings (SSSR count). The van der Waals surface area contributed by atoms with Crippen LogP contribution in [0, 0.1) is 12.8 Å². The first-order chi connectivity index (χ1) is 11.2. The summed E-state index contributed by atoms with van der Waals surface area (Å²) in [6.07, 6.45) is 11.1. The second-order valence-corrected chi connectivity index (χ2v) is 6.15. The molecule has 1 aliphatic carbocycles. The highest BCUT2D eigenvalue weighted by atomic mass is 16.2. The van der Waals surface area contributed by atoms with Gasteiger partial charge in [0.15, 0.2) is 0 Å². The number of rotatable bonds is 4. The Kier molecular flexibility index (Phi) is 4.95. The molecule has 0 radical (unpaired) electrons. The number of aryl methyl sites for hydroxylation is 1. The minimum absolute atomic E-state index is 0.123. The van der Waals surface area contributed by atoms with Gasteiger partial charge in [0.1, 0.15) is 11.5 Å². The first-order valence-corrected chi connectivity index (χ1v) is 8.25.